The van der Waals surface area contributed by atoms with Crippen LogP contribution in [0.3, 0.4) is 0 Å². The summed E-state index contributed by atoms with van der Waals surface area (Å²) in [7, 11) is 4.03. The van der Waals surface area contributed by atoms with Crippen LogP contribution in [-0.2, 0) is 7.05 Å². The second-order valence-electron chi connectivity index (χ2n) is 5.57. The first-order valence-electron chi connectivity index (χ1n) is 6.58. The van der Waals surface area contributed by atoms with E-state index >= 15 is 0 Å². The van der Waals surface area contributed by atoms with Crippen LogP contribution in [0.1, 0.15) is 38.4 Å². The van der Waals surface area contributed by atoms with Gasteiger partial charge in [0, 0.05) is 12.6 Å². The molecule has 102 valence electrons. The number of likely N-dealkylation sites (tertiary alicyclic amines) is 1. The first-order chi connectivity index (χ1) is 8.48. The number of nitrogens with zero attached hydrogens (tertiary/aromatic N) is 3. The van der Waals surface area contributed by atoms with Crippen molar-refractivity contribution in [2.75, 3.05) is 20.1 Å². The van der Waals surface area contributed by atoms with E-state index in [0.29, 0.717) is 0 Å². The number of aryl methyl sites for hydroxylation is 1. The number of halogens is 1. The average molecular weight is 315 g/mol. The summed E-state index contributed by atoms with van der Waals surface area (Å²) < 4.78 is 3.04. The Morgan fingerprint density at radius 1 is 1.39 bits per heavy atom. The van der Waals surface area contributed by atoms with Gasteiger partial charge in [-0.05, 0) is 62.8 Å². The van der Waals surface area contributed by atoms with Gasteiger partial charge >= 0.3 is 0 Å². The van der Waals surface area contributed by atoms with Gasteiger partial charge in [0.15, 0.2) is 0 Å². The highest BCUT2D eigenvalue weighted by molar-refractivity contribution is 9.10. The lowest BCUT2D eigenvalue weighted by Gasteiger charge is -2.42. The van der Waals surface area contributed by atoms with Gasteiger partial charge in [-0.2, -0.15) is 5.10 Å². The van der Waals surface area contributed by atoms with Crippen molar-refractivity contribution in [2.45, 2.75) is 38.3 Å². The van der Waals surface area contributed by atoms with Crippen LogP contribution in [0.2, 0.25) is 0 Å². The van der Waals surface area contributed by atoms with Gasteiger partial charge in [0.2, 0.25) is 0 Å². The fraction of sp³-hybridized carbons (Fsp3) is 0.769. The molecule has 2 heterocycles. The normalized spacial score (nSPS) is 19.4. The molecule has 2 rings (SSSR count). The van der Waals surface area contributed by atoms with E-state index in [2.05, 4.69) is 45.1 Å². The predicted molar refractivity (Wildman–Crippen MR) is 77.6 cm³/mol. The van der Waals surface area contributed by atoms with Crippen molar-refractivity contribution in [1.82, 2.24) is 20.0 Å². The van der Waals surface area contributed by atoms with E-state index in [-0.39, 0.29) is 11.6 Å². The predicted octanol–water partition coefficient (Wildman–Crippen LogP) is 2.32. The summed E-state index contributed by atoms with van der Waals surface area (Å²) in [5.74, 6) is 0. The Hall–Kier alpha value is -0.390. The Kier molecular flexibility index (Phi) is 4.14. The van der Waals surface area contributed by atoms with Crippen LogP contribution in [0.4, 0.5) is 0 Å². The van der Waals surface area contributed by atoms with Gasteiger partial charge in [-0.25, -0.2) is 0 Å². The Bertz CT molecular complexity index is 388. The van der Waals surface area contributed by atoms with Gasteiger partial charge in [0.05, 0.1) is 22.4 Å². The third-order valence-corrected chi connectivity index (χ3v) is 4.74. The first kappa shape index (κ1) is 14.0. The summed E-state index contributed by atoms with van der Waals surface area (Å²) in [6, 6.07) is 0.262. The zero-order valence-corrected chi connectivity index (χ0v) is 13.3. The van der Waals surface area contributed by atoms with Crippen LogP contribution in [0, 0.1) is 0 Å². The first-order valence-corrected chi connectivity index (χ1v) is 7.37. The van der Waals surface area contributed by atoms with Crippen LogP contribution in [0.15, 0.2) is 10.7 Å². The second-order valence-corrected chi connectivity index (χ2v) is 6.43. The minimum atomic E-state index is 0.0849. The fourth-order valence-corrected chi connectivity index (χ4v) is 3.62. The van der Waals surface area contributed by atoms with Gasteiger partial charge in [-0.1, -0.05) is 0 Å². The van der Waals surface area contributed by atoms with Crippen LogP contribution < -0.4 is 5.32 Å². The highest BCUT2D eigenvalue weighted by atomic mass is 79.9. The molecule has 0 aliphatic carbocycles. The molecular formula is C13H23BrN4. The highest BCUT2D eigenvalue weighted by Gasteiger charge is 2.39. The van der Waals surface area contributed by atoms with Crippen LogP contribution in [-0.4, -0.2) is 40.4 Å². The lowest BCUT2D eigenvalue weighted by molar-refractivity contribution is 0.106. The average Bonchev–Trinajstić information content (AvgIpc) is 2.94. The van der Waals surface area contributed by atoms with Crippen molar-refractivity contribution < 1.29 is 0 Å². The van der Waals surface area contributed by atoms with Crippen molar-refractivity contribution in [3.63, 3.8) is 0 Å². The molecule has 0 spiro atoms. The highest BCUT2D eigenvalue weighted by Crippen LogP contribution is 2.36. The molecule has 1 aromatic rings. The van der Waals surface area contributed by atoms with Crippen molar-refractivity contribution in [3.05, 3.63) is 16.4 Å². The number of rotatable bonds is 4. The number of hydrogen-bond acceptors (Lipinski definition) is 3. The van der Waals surface area contributed by atoms with E-state index in [1.54, 1.807) is 0 Å². The number of hydrogen-bond donors (Lipinski definition) is 1. The van der Waals surface area contributed by atoms with Gasteiger partial charge in [-0.3, -0.25) is 9.58 Å². The zero-order chi connectivity index (χ0) is 13.3. The van der Waals surface area contributed by atoms with Crippen molar-refractivity contribution in [1.29, 1.82) is 0 Å². The van der Waals surface area contributed by atoms with Gasteiger partial charge in [0.1, 0.15) is 0 Å². The number of aromatic nitrogens is 2. The SMILES string of the molecule is CNC(c1c(Br)cnn1C)C(C)(C)N1CCCC1. The quantitative estimate of drug-likeness (QED) is 0.926. The molecule has 0 aromatic carbocycles. The number of likely N-dealkylation sites (N-methyl/N-ethyl adjacent to an activating group) is 1. The molecule has 0 radical (unpaired) electrons. The van der Waals surface area contributed by atoms with Crippen LogP contribution in [0.5, 0.6) is 0 Å². The lowest BCUT2D eigenvalue weighted by atomic mass is 9.90. The Balaban J connectivity index is 2.32. The molecule has 1 fully saturated rings. The summed E-state index contributed by atoms with van der Waals surface area (Å²) in [6.07, 6.45) is 4.50. The summed E-state index contributed by atoms with van der Waals surface area (Å²) in [5.41, 5.74) is 1.30. The molecule has 0 saturated carbocycles. The summed E-state index contributed by atoms with van der Waals surface area (Å²) in [5, 5.41) is 7.81. The molecule has 1 N–H and O–H groups in total. The Morgan fingerprint density at radius 3 is 2.44 bits per heavy atom. The van der Waals surface area contributed by atoms with Gasteiger partial charge in [0.25, 0.3) is 0 Å². The van der Waals surface area contributed by atoms with E-state index in [9.17, 15) is 0 Å². The molecule has 1 aliphatic heterocycles. The molecule has 4 nitrogen and oxygen atoms in total. The van der Waals surface area contributed by atoms with Crippen molar-refractivity contribution >= 4 is 15.9 Å². The Morgan fingerprint density at radius 2 is 2.00 bits per heavy atom. The zero-order valence-electron chi connectivity index (χ0n) is 11.7. The molecule has 18 heavy (non-hydrogen) atoms. The van der Waals surface area contributed by atoms with E-state index in [1.165, 1.54) is 31.6 Å². The molecule has 1 aliphatic rings. The third kappa shape index (κ3) is 2.36. The molecule has 0 amide bonds. The standard InChI is InChI=1S/C13H23BrN4/c1-13(2,18-7-5-6-8-18)12(15-3)11-10(14)9-16-17(11)4/h9,12,15H,5-8H2,1-4H3. The minimum absolute atomic E-state index is 0.0849. The summed E-state index contributed by atoms with van der Waals surface area (Å²) in [4.78, 5) is 2.58. The smallest absolute Gasteiger partial charge is 0.0711 e. The molecule has 5 heteroatoms. The summed E-state index contributed by atoms with van der Waals surface area (Å²) >= 11 is 3.62. The van der Waals surface area contributed by atoms with Crippen molar-refractivity contribution in [2.24, 2.45) is 7.05 Å². The maximum absolute atomic E-state index is 4.34. The maximum atomic E-state index is 4.34. The van der Waals surface area contributed by atoms with Gasteiger partial charge < -0.3 is 5.32 Å². The molecule has 1 unspecified atom stereocenters. The largest absolute Gasteiger partial charge is 0.310 e. The van der Waals surface area contributed by atoms with Crippen LogP contribution >= 0.6 is 15.9 Å². The van der Waals surface area contributed by atoms with Gasteiger partial charge in [-0.15, -0.1) is 0 Å². The minimum Gasteiger partial charge on any atom is -0.310 e. The lowest BCUT2D eigenvalue weighted by Crippen LogP contribution is -2.51. The second kappa shape index (κ2) is 5.31. The maximum Gasteiger partial charge on any atom is 0.0711 e. The van der Waals surface area contributed by atoms with E-state index in [0.717, 1.165) is 4.47 Å². The molecule has 1 saturated heterocycles. The fourth-order valence-electron chi connectivity index (χ4n) is 3.05. The molecule has 1 atom stereocenters. The van der Waals surface area contributed by atoms with E-state index in [4.69, 9.17) is 0 Å². The van der Waals surface area contributed by atoms with E-state index in [1.807, 2.05) is 25.0 Å². The monoisotopic (exact) mass is 314 g/mol. The van der Waals surface area contributed by atoms with Crippen LogP contribution in [0.25, 0.3) is 0 Å². The Labute approximate surface area is 118 Å². The van der Waals surface area contributed by atoms with E-state index < -0.39 is 0 Å². The molecular weight excluding hydrogens is 292 g/mol. The number of nitrogens with one attached hydrogen (secondary N) is 1. The van der Waals surface area contributed by atoms with Crippen molar-refractivity contribution in [3.8, 4) is 0 Å². The molecule has 1 aromatic heterocycles. The third-order valence-electron chi connectivity index (χ3n) is 4.13. The summed E-state index contributed by atoms with van der Waals surface area (Å²) in [6.45, 7) is 7.03. The molecule has 0 bridgehead atoms. The topological polar surface area (TPSA) is 33.1 Å².